The van der Waals surface area contributed by atoms with E-state index in [1.165, 1.54) is 109 Å². The molecule has 0 saturated carbocycles. The Morgan fingerprint density at radius 1 is 0.313 bits per heavy atom. The van der Waals surface area contributed by atoms with Gasteiger partial charge in [-0.3, -0.25) is 0 Å². The Morgan fingerprint density at radius 2 is 0.881 bits per heavy atom. The van der Waals surface area contributed by atoms with Crippen molar-refractivity contribution in [2.75, 3.05) is 4.90 Å². The van der Waals surface area contributed by atoms with Crippen LogP contribution >= 0.6 is 0 Å². The van der Waals surface area contributed by atoms with Crippen molar-refractivity contribution in [2.24, 2.45) is 0 Å². The van der Waals surface area contributed by atoms with Crippen LogP contribution in [-0.2, 0) is 6.42 Å². The van der Waals surface area contributed by atoms with E-state index >= 15 is 0 Å². The van der Waals surface area contributed by atoms with Crippen LogP contribution in [0.15, 0.2) is 243 Å². The highest BCUT2D eigenvalue weighted by Gasteiger charge is 2.23. The van der Waals surface area contributed by atoms with Gasteiger partial charge in [0.15, 0.2) is 0 Å². The third-order valence-electron chi connectivity index (χ3n) is 14.0. The lowest BCUT2D eigenvalue weighted by molar-refractivity contribution is 0.985. The summed E-state index contributed by atoms with van der Waals surface area (Å²) in [5.41, 5.74) is 15.8. The van der Waals surface area contributed by atoms with E-state index in [4.69, 9.17) is 0 Å². The Kier molecular flexibility index (Phi) is 9.39. The topological polar surface area (TPSA) is 3.24 Å². The number of hydrogen-bond acceptors (Lipinski definition) is 1. The summed E-state index contributed by atoms with van der Waals surface area (Å²) in [7, 11) is 0. The Balaban J connectivity index is 1.09. The van der Waals surface area contributed by atoms with E-state index in [-0.39, 0.29) is 0 Å². The fourth-order valence-electron chi connectivity index (χ4n) is 11.0. The predicted octanol–water partition coefficient (Wildman–Crippen LogP) is 18.5. The average Bonchev–Trinajstić information content (AvgIpc) is 3.41. The normalized spacial score (nSPS) is 12.3. The number of benzene rings is 12. The molecule has 0 radical (unpaired) electrons. The molecule has 0 atom stereocenters. The summed E-state index contributed by atoms with van der Waals surface area (Å²) < 4.78 is 0. The van der Waals surface area contributed by atoms with Gasteiger partial charge >= 0.3 is 0 Å². The van der Waals surface area contributed by atoms with Gasteiger partial charge in [0.05, 0.1) is 0 Å². The third-order valence-corrected chi connectivity index (χ3v) is 14.0. The first-order chi connectivity index (χ1) is 33.2. The van der Waals surface area contributed by atoms with Crippen molar-refractivity contribution < 1.29 is 0 Å². The van der Waals surface area contributed by atoms with Crippen molar-refractivity contribution in [2.45, 2.75) is 12.8 Å². The van der Waals surface area contributed by atoms with Crippen molar-refractivity contribution in [3.63, 3.8) is 0 Å². The number of aryl methyl sites for hydroxylation is 1. The summed E-state index contributed by atoms with van der Waals surface area (Å²) in [5.74, 6) is 0. The molecule has 0 amide bonds. The number of anilines is 3. The van der Waals surface area contributed by atoms with E-state index in [0.29, 0.717) is 0 Å². The highest BCUT2D eigenvalue weighted by Crippen LogP contribution is 2.50. The molecule has 0 aliphatic heterocycles. The van der Waals surface area contributed by atoms with Crippen LogP contribution < -0.4 is 4.90 Å². The van der Waals surface area contributed by atoms with Crippen LogP contribution in [-0.4, -0.2) is 0 Å². The van der Waals surface area contributed by atoms with Crippen LogP contribution in [0.25, 0.3) is 104 Å². The maximum Gasteiger partial charge on any atom is 0.0467 e. The Bertz CT molecular complexity index is 3890. The van der Waals surface area contributed by atoms with Gasteiger partial charge in [0.2, 0.25) is 0 Å². The molecular formula is C66H45N. The number of nitrogens with zero attached hydrogens (tertiary/aromatic N) is 1. The molecule has 13 rings (SSSR count). The van der Waals surface area contributed by atoms with Crippen LogP contribution in [0.1, 0.15) is 17.5 Å². The second-order valence-electron chi connectivity index (χ2n) is 17.9. The monoisotopic (exact) mass is 851 g/mol. The molecule has 314 valence electrons. The van der Waals surface area contributed by atoms with Crippen LogP contribution in [0.4, 0.5) is 17.1 Å². The third kappa shape index (κ3) is 6.62. The average molecular weight is 852 g/mol. The number of allylic oxidation sites excluding steroid dienone is 1. The highest BCUT2D eigenvalue weighted by molar-refractivity contribution is 6.33. The predicted molar refractivity (Wildman–Crippen MR) is 288 cm³/mol. The molecule has 0 bridgehead atoms. The number of rotatable bonds is 7. The molecule has 12 aromatic rings. The fourth-order valence-corrected chi connectivity index (χ4v) is 11.0. The highest BCUT2D eigenvalue weighted by atomic mass is 15.1. The Hall–Kier alpha value is -8.52. The molecule has 1 aliphatic carbocycles. The zero-order valence-electron chi connectivity index (χ0n) is 37.0. The Morgan fingerprint density at radius 3 is 1.64 bits per heavy atom. The van der Waals surface area contributed by atoms with Gasteiger partial charge in [-0.15, -0.1) is 0 Å². The number of fused-ring (bicyclic) bond motifs is 10. The zero-order valence-corrected chi connectivity index (χ0v) is 37.0. The van der Waals surface area contributed by atoms with E-state index in [1.54, 1.807) is 0 Å². The molecule has 1 heteroatoms. The minimum absolute atomic E-state index is 1.08. The van der Waals surface area contributed by atoms with E-state index in [9.17, 15) is 0 Å². The molecule has 1 nitrogen and oxygen atoms in total. The SMILES string of the molecule is C1=Cc2cc(N(c3ccccc3)c3ccc(-c4cc(-c5ccccc5)c(-c5ccccc5)c5c6ccc(-c7cc8ccccc8c8ccccc78)cc6c6ccccc6c45)cc3)ccc2CC1. The lowest BCUT2D eigenvalue weighted by Crippen LogP contribution is -2.10. The minimum Gasteiger partial charge on any atom is -0.310 e. The molecule has 0 spiro atoms. The van der Waals surface area contributed by atoms with Crippen LogP contribution in [0.5, 0.6) is 0 Å². The molecular weight excluding hydrogens is 807 g/mol. The lowest BCUT2D eigenvalue weighted by atomic mass is 9.81. The summed E-state index contributed by atoms with van der Waals surface area (Å²) in [4.78, 5) is 2.39. The summed E-state index contributed by atoms with van der Waals surface area (Å²) in [5, 5.41) is 12.6. The molecule has 0 saturated heterocycles. The molecule has 0 unspecified atom stereocenters. The summed E-state index contributed by atoms with van der Waals surface area (Å²) in [6, 6.07) is 87.8. The van der Waals surface area contributed by atoms with Crippen molar-refractivity contribution in [1.82, 2.24) is 0 Å². The summed E-state index contributed by atoms with van der Waals surface area (Å²) in [6.07, 6.45) is 6.76. The first kappa shape index (κ1) is 38.9. The van der Waals surface area contributed by atoms with Gasteiger partial charge < -0.3 is 4.90 Å². The molecule has 12 aromatic carbocycles. The minimum atomic E-state index is 1.08. The molecule has 67 heavy (non-hydrogen) atoms. The molecule has 0 N–H and O–H groups in total. The molecule has 0 heterocycles. The molecule has 1 aliphatic rings. The van der Waals surface area contributed by atoms with E-state index < -0.39 is 0 Å². The van der Waals surface area contributed by atoms with Gasteiger partial charge in [-0.2, -0.15) is 0 Å². The standard InChI is InChI=1S/C66H45N/c1-4-19-45(20-5-1)61-43-62(46-33-36-52(37-34-46)67(51-25-8-3-9-26-51)53-38-32-44-18-10-11-23-48(44)40-53)65-58-31-17-16-30-57(58)63-42-50(35-39-59(63)66(65)64(61)47-21-6-2-7-22-47)60-41-49-24-12-13-27-54(49)55-28-14-15-29-56(55)60/h1-9,11-17,19-43H,10,18H2. The van der Waals surface area contributed by atoms with Gasteiger partial charge in [-0.05, 0) is 177 Å². The summed E-state index contributed by atoms with van der Waals surface area (Å²) >= 11 is 0. The van der Waals surface area contributed by atoms with E-state index in [1.807, 2.05) is 0 Å². The van der Waals surface area contributed by atoms with Gasteiger partial charge in [-0.25, -0.2) is 0 Å². The van der Waals surface area contributed by atoms with Crippen LogP contribution in [0.2, 0.25) is 0 Å². The summed E-state index contributed by atoms with van der Waals surface area (Å²) in [6.45, 7) is 0. The number of hydrogen-bond donors (Lipinski definition) is 0. The lowest BCUT2D eigenvalue weighted by Gasteiger charge is -2.27. The van der Waals surface area contributed by atoms with Gasteiger partial charge in [0.25, 0.3) is 0 Å². The molecule has 0 aromatic heterocycles. The number of para-hydroxylation sites is 1. The van der Waals surface area contributed by atoms with Crippen molar-refractivity contribution in [1.29, 1.82) is 0 Å². The van der Waals surface area contributed by atoms with Gasteiger partial charge in [-0.1, -0.05) is 194 Å². The van der Waals surface area contributed by atoms with Crippen molar-refractivity contribution in [3.8, 4) is 44.5 Å². The van der Waals surface area contributed by atoms with Crippen molar-refractivity contribution in [3.05, 3.63) is 254 Å². The zero-order chi connectivity index (χ0) is 44.3. The first-order valence-electron chi connectivity index (χ1n) is 23.5. The quantitative estimate of drug-likeness (QED) is 0.144. The van der Waals surface area contributed by atoms with E-state index in [2.05, 4.69) is 254 Å². The second kappa shape index (κ2) is 16.2. The van der Waals surface area contributed by atoms with Crippen LogP contribution in [0.3, 0.4) is 0 Å². The largest absolute Gasteiger partial charge is 0.310 e. The van der Waals surface area contributed by atoms with Crippen molar-refractivity contribution >= 4 is 77.0 Å². The first-order valence-corrected chi connectivity index (χ1v) is 23.5. The maximum atomic E-state index is 2.47. The second-order valence-corrected chi connectivity index (χ2v) is 17.9. The van der Waals surface area contributed by atoms with E-state index in [0.717, 1.165) is 29.9 Å². The van der Waals surface area contributed by atoms with Crippen LogP contribution in [0, 0.1) is 0 Å². The maximum absolute atomic E-state index is 2.47. The Labute approximate surface area is 391 Å². The van der Waals surface area contributed by atoms with Gasteiger partial charge in [0.1, 0.15) is 0 Å². The molecule has 0 fully saturated rings. The fraction of sp³-hybridized carbons (Fsp3) is 0.0303. The smallest absolute Gasteiger partial charge is 0.0467 e. The van der Waals surface area contributed by atoms with Gasteiger partial charge in [0, 0.05) is 17.1 Å².